The first-order valence-corrected chi connectivity index (χ1v) is 9.32. The Morgan fingerprint density at radius 3 is 2.33 bits per heavy atom. The first kappa shape index (κ1) is 16.5. The van der Waals surface area contributed by atoms with Crippen molar-refractivity contribution in [2.24, 2.45) is 0 Å². The molecule has 0 bridgehead atoms. The third-order valence-corrected chi connectivity index (χ3v) is 5.22. The molecule has 0 fully saturated rings. The Kier molecular flexibility index (Phi) is 4.11. The first-order valence-electron chi connectivity index (χ1n) is 7.05. The minimum atomic E-state index is -3.28. The summed E-state index contributed by atoms with van der Waals surface area (Å²) in [6.07, 6.45) is 2.48. The van der Waals surface area contributed by atoms with Gasteiger partial charge in [0.05, 0.1) is 16.3 Å². The van der Waals surface area contributed by atoms with E-state index in [2.05, 4.69) is 0 Å². The van der Waals surface area contributed by atoms with Gasteiger partial charge in [0.25, 0.3) is 0 Å². The van der Waals surface area contributed by atoms with E-state index in [0.717, 1.165) is 11.8 Å². The first-order chi connectivity index (χ1) is 11.3. The molecular formula is C17H14ClNO4S. The molecule has 5 nitrogen and oxygen atoms in total. The summed E-state index contributed by atoms with van der Waals surface area (Å²) in [5.41, 5.74) is 2.65. The molecular weight excluding hydrogens is 350 g/mol. The van der Waals surface area contributed by atoms with Gasteiger partial charge in [-0.05, 0) is 36.8 Å². The maximum Gasteiger partial charge on any atom is 0.424 e. The molecule has 0 N–H and O–H groups in total. The quantitative estimate of drug-likeness (QED) is 0.714. The fourth-order valence-corrected chi connectivity index (χ4v) is 3.15. The molecule has 2 aromatic carbocycles. The summed E-state index contributed by atoms with van der Waals surface area (Å²) < 4.78 is 29.5. The maximum atomic E-state index is 12.1. The molecule has 1 aromatic heterocycles. The Labute approximate surface area is 144 Å². The largest absolute Gasteiger partial charge is 0.424 e. The van der Waals surface area contributed by atoms with Gasteiger partial charge >= 0.3 is 5.76 Å². The lowest BCUT2D eigenvalue weighted by Gasteiger charge is -2.08. The van der Waals surface area contributed by atoms with Crippen LogP contribution >= 0.6 is 11.6 Å². The average Bonchev–Trinajstić information content (AvgIpc) is 2.91. The normalized spacial score (nSPS) is 11.6. The van der Waals surface area contributed by atoms with E-state index in [4.69, 9.17) is 16.0 Å². The van der Waals surface area contributed by atoms with Gasteiger partial charge in [-0.15, -0.1) is 0 Å². The summed E-state index contributed by atoms with van der Waals surface area (Å²) in [6.45, 7) is 1.87. The number of aryl methyl sites for hydroxylation is 1. The summed E-state index contributed by atoms with van der Waals surface area (Å²) in [5, 5.41) is 0.541. The van der Waals surface area contributed by atoms with E-state index >= 15 is 0 Å². The van der Waals surface area contributed by atoms with Crippen molar-refractivity contribution in [2.75, 3.05) is 6.26 Å². The monoisotopic (exact) mass is 363 g/mol. The van der Waals surface area contributed by atoms with E-state index in [0.29, 0.717) is 22.0 Å². The number of sulfone groups is 1. The highest BCUT2D eigenvalue weighted by molar-refractivity contribution is 7.90. The SMILES string of the molecule is Cc1ccc(-n2c(-c3ccc(S(C)(=O)=O)cc3)coc2=O)cc1Cl. The molecule has 24 heavy (non-hydrogen) atoms. The van der Waals surface area contributed by atoms with E-state index in [-0.39, 0.29) is 4.90 Å². The summed E-state index contributed by atoms with van der Waals surface area (Å²) in [6, 6.07) is 11.5. The summed E-state index contributed by atoms with van der Waals surface area (Å²) in [4.78, 5) is 12.3. The van der Waals surface area contributed by atoms with Gasteiger partial charge in [-0.2, -0.15) is 0 Å². The lowest BCUT2D eigenvalue weighted by atomic mass is 10.1. The van der Waals surface area contributed by atoms with Gasteiger partial charge in [0, 0.05) is 16.8 Å². The van der Waals surface area contributed by atoms with Crippen LogP contribution in [-0.2, 0) is 9.84 Å². The average molecular weight is 364 g/mol. The highest BCUT2D eigenvalue weighted by Crippen LogP contribution is 2.25. The number of hydrogen-bond acceptors (Lipinski definition) is 4. The van der Waals surface area contributed by atoms with Gasteiger partial charge in [-0.1, -0.05) is 29.8 Å². The Hall–Kier alpha value is -2.31. The summed E-state index contributed by atoms with van der Waals surface area (Å²) in [7, 11) is -3.28. The van der Waals surface area contributed by atoms with Crippen molar-refractivity contribution in [1.82, 2.24) is 4.57 Å². The van der Waals surface area contributed by atoms with Crippen LogP contribution < -0.4 is 5.76 Å². The number of rotatable bonds is 3. The van der Waals surface area contributed by atoms with Crippen LogP contribution in [0.5, 0.6) is 0 Å². The number of oxazole rings is 1. The van der Waals surface area contributed by atoms with Crippen molar-refractivity contribution >= 4 is 21.4 Å². The fourth-order valence-electron chi connectivity index (χ4n) is 2.35. The van der Waals surface area contributed by atoms with Crippen LogP contribution in [-0.4, -0.2) is 19.2 Å². The van der Waals surface area contributed by atoms with E-state index in [1.165, 1.54) is 23.0 Å². The lowest BCUT2D eigenvalue weighted by molar-refractivity contribution is 0.504. The molecule has 0 saturated carbocycles. The predicted molar refractivity (Wildman–Crippen MR) is 92.6 cm³/mol. The molecule has 3 rings (SSSR count). The standard InChI is InChI=1S/C17H14ClNO4S/c1-11-3-6-13(9-15(11)18)19-16(10-23-17(19)20)12-4-7-14(8-5-12)24(2,21)22/h3-10H,1-2H3. The third-order valence-electron chi connectivity index (χ3n) is 3.69. The van der Waals surface area contributed by atoms with E-state index in [1.54, 1.807) is 24.3 Å². The van der Waals surface area contributed by atoms with Crippen LogP contribution in [0.1, 0.15) is 5.56 Å². The van der Waals surface area contributed by atoms with Gasteiger partial charge in [-0.25, -0.2) is 17.8 Å². The van der Waals surface area contributed by atoms with Crippen molar-refractivity contribution in [1.29, 1.82) is 0 Å². The molecule has 0 spiro atoms. The van der Waals surface area contributed by atoms with E-state index in [9.17, 15) is 13.2 Å². The van der Waals surface area contributed by atoms with E-state index < -0.39 is 15.6 Å². The minimum absolute atomic E-state index is 0.210. The van der Waals surface area contributed by atoms with Crippen LogP contribution in [0.25, 0.3) is 16.9 Å². The molecule has 0 atom stereocenters. The predicted octanol–water partition coefficient (Wildman–Crippen LogP) is 3.46. The Morgan fingerprint density at radius 2 is 1.75 bits per heavy atom. The number of hydrogen-bond donors (Lipinski definition) is 0. The second-order valence-electron chi connectivity index (χ2n) is 5.45. The van der Waals surface area contributed by atoms with Crippen molar-refractivity contribution in [3.05, 3.63) is 69.9 Å². The minimum Gasteiger partial charge on any atom is -0.415 e. The molecule has 0 aliphatic carbocycles. The fraction of sp³-hybridized carbons (Fsp3) is 0.118. The number of halogens is 1. The summed E-state index contributed by atoms with van der Waals surface area (Å²) >= 11 is 6.14. The molecule has 0 amide bonds. The second kappa shape index (κ2) is 5.96. The molecule has 0 unspecified atom stereocenters. The van der Waals surface area contributed by atoms with Crippen molar-refractivity contribution in [2.45, 2.75) is 11.8 Å². The van der Waals surface area contributed by atoms with Gasteiger partial charge in [0.1, 0.15) is 6.26 Å². The molecule has 0 saturated heterocycles. The van der Waals surface area contributed by atoms with Gasteiger partial charge in [-0.3, -0.25) is 0 Å². The molecule has 0 aliphatic rings. The van der Waals surface area contributed by atoms with Crippen molar-refractivity contribution in [3.8, 4) is 16.9 Å². The molecule has 1 heterocycles. The molecule has 0 aliphatic heterocycles. The molecule has 7 heteroatoms. The van der Waals surface area contributed by atoms with Crippen molar-refractivity contribution < 1.29 is 12.8 Å². The van der Waals surface area contributed by atoms with Crippen LogP contribution in [0, 0.1) is 6.92 Å². The Balaban J connectivity index is 2.14. The molecule has 124 valence electrons. The highest BCUT2D eigenvalue weighted by atomic mass is 35.5. The topological polar surface area (TPSA) is 69.3 Å². The number of benzene rings is 2. The maximum absolute atomic E-state index is 12.1. The van der Waals surface area contributed by atoms with Gasteiger partial charge in [0.2, 0.25) is 0 Å². The zero-order valence-corrected chi connectivity index (χ0v) is 14.6. The second-order valence-corrected chi connectivity index (χ2v) is 7.88. The number of aromatic nitrogens is 1. The van der Waals surface area contributed by atoms with Crippen molar-refractivity contribution in [3.63, 3.8) is 0 Å². The zero-order chi connectivity index (χ0) is 17.5. The third kappa shape index (κ3) is 3.02. The smallest absolute Gasteiger partial charge is 0.415 e. The van der Waals surface area contributed by atoms with Crippen LogP contribution in [0.4, 0.5) is 0 Å². The Morgan fingerprint density at radius 1 is 1.08 bits per heavy atom. The zero-order valence-electron chi connectivity index (χ0n) is 13.0. The highest BCUT2D eigenvalue weighted by Gasteiger charge is 2.14. The van der Waals surface area contributed by atoms with Crippen LogP contribution in [0.15, 0.2) is 62.8 Å². The van der Waals surface area contributed by atoms with Crippen LogP contribution in [0.2, 0.25) is 5.02 Å². The lowest BCUT2D eigenvalue weighted by Crippen LogP contribution is -2.13. The molecule has 3 aromatic rings. The van der Waals surface area contributed by atoms with Gasteiger partial charge in [0.15, 0.2) is 9.84 Å². The summed E-state index contributed by atoms with van der Waals surface area (Å²) in [5.74, 6) is -0.544. The Bertz CT molecular complexity index is 1060. The number of nitrogens with zero attached hydrogens (tertiary/aromatic N) is 1. The van der Waals surface area contributed by atoms with Gasteiger partial charge < -0.3 is 4.42 Å². The van der Waals surface area contributed by atoms with Crippen LogP contribution in [0.3, 0.4) is 0 Å². The molecule has 0 radical (unpaired) electrons. The van der Waals surface area contributed by atoms with E-state index in [1.807, 2.05) is 13.0 Å².